The number of rotatable bonds is 35. The molecule has 0 unspecified atom stereocenters. The van der Waals surface area contributed by atoms with Gasteiger partial charge in [-0.05, 0) is 79.3 Å². The number of urea groups is 1. The highest BCUT2D eigenvalue weighted by atomic mass is 79.9. The van der Waals surface area contributed by atoms with E-state index in [2.05, 4.69) is 57.9 Å². The van der Waals surface area contributed by atoms with Crippen LogP contribution >= 0.6 is 15.9 Å². The zero-order valence-electron chi connectivity index (χ0n) is 40.5. The molecule has 73 heavy (non-hydrogen) atoms. The predicted molar refractivity (Wildman–Crippen MR) is 271 cm³/mol. The number of hydrogen-bond acceptors (Lipinski definition) is 10. The summed E-state index contributed by atoms with van der Waals surface area (Å²) in [6.07, 6.45) is 1.91. The van der Waals surface area contributed by atoms with Gasteiger partial charge in [0.2, 0.25) is 29.5 Å². The number of carbonyl (C=O) groups excluding carboxylic acids is 6. The first kappa shape index (κ1) is 59.8. The van der Waals surface area contributed by atoms with Crippen molar-refractivity contribution in [1.82, 2.24) is 36.8 Å². The lowest BCUT2D eigenvalue weighted by atomic mass is 10.0. The van der Waals surface area contributed by atoms with Gasteiger partial charge >= 0.3 is 23.9 Å². The topological polar surface area (TPSA) is 338 Å². The number of nitrogens with one attached hydrogen (secondary N) is 6. The lowest BCUT2D eigenvalue weighted by Gasteiger charge is -2.24. The molecule has 0 saturated heterocycles. The molecule has 7 amide bonds. The number of amides is 7. The van der Waals surface area contributed by atoms with Crippen LogP contribution in [0.2, 0.25) is 0 Å². The zero-order valence-corrected chi connectivity index (χ0v) is 42.1. The van der Waals surface area contributed by atoms with Gasteiger partial charge in [0.05, 0.1) is 0 Å². The number of unbranched alkanes of at least 4 members (excludes halogenated alkanes) is 3. The average molecular weight is 1080 g/mol. The van der Waals surface area contributed by atoms with Gasteiger partial charge < -0.3 is 52.1 Å². The molecule has 4 atom stereocenters. The maximum absolute atomic E-state index is 13.8. The SMILES string of the molecule is [N-]=[N+]=NCCCNC(=O)[C@@H](Cc1ccccc1)NC(=O)[C@@H](Cc1ccccc1)NC(=O)CCC(=O)NCCCCCC(=O)N(CCCC[C@H](NC(=O)N[C@@H](CCC(=O)O)C(=O)O)C(=O)O)Cc1ccc(Br)cc1. The maximum atomic E-state index is 13.8. The highest BCUT2D eigenvalue weighted by Gasteiger charge is 2.28. The van der Waals surface area contributed by atoms with Crippen LogP contribution in [0.5, 0.6) is 0 Å². The summed E-state index contributed by atoms with van der Waals surface area (Å²) in [6, 6.07) is 19.5. The van der Waals surface area contributed by atoms with E-state index in [1.165, 1.54) is 0 Å². The third-order valence-corrected chi connectivity index (χ3v) is 11.8. The molecule has 0 aromatic heterocycles. The Morgan fingerprint density at radius 2 is 1.14 bits per heavy atom. The van der Waals surface area contributed by atoms with Gasteiger partial charge in [-0.3, -0.25) is 28.8 Å². The van der Waals surface area contributed by atoms with E-state index in [0.717, 1.165) is 21.2 Å². The second kappa shape index (κ2) is 34.0. The van der Waals surface area contributed by atoms with E-state index in [1.54, 1.807) is 17.0 Å². The van der Waals surface area contributed by atoms with Gasteiger partial charge in [-0.2, -0.15) is 0 Å². The molecule has 0 aliphatic heterocycles. The number of nitrogens with zero attached hydrogens (tertiary/aromatic N) is 4. The monoisotopic (exact) mass is 1080 g/mol. The molecule has 3 rings (SSSR count). The lowest BCUT2D eigenvalue weighted by molar-refractivity contribution is -0.141. The Morgan fingerprint density at radius 3 is 1.73 bits per heavy atom. The van der Waals surface area contributed by atoms with E-state index >= 15 is 0 Å². The molecule has 0 aliphatic carbocycles. The fourth-order valence-corrected chi connectivity index (χ4v) is 7.62. The minimum Gasteiger partial charge on any atom is -0.481 e. The molecule has 394 valence electrons. The van der Waals surface area contributed by atoms with Crippen LogP contribution in [0.4, 0.5) is 4.79 Å². The molecule has 0 fully saturated rings. The molecule has 0 saturated carbocycles. The Balaban J connectivity index is 1.48. The summed E-state index contributed by atoms with van der Waals surface area (Å²) in [7, 11) is 0. The van der Waals surface area contributed by atoms with Crippen molar-refractivity contribution in [2.45, 2.75) is 121 Å². The third kappa shape index (κ3) is 25.4. The van der Waals surface area contributed by atoms with Gasteiger partial charge in [0, 0.05) is 80.6 Å². The number of carboxylic acid groups (broad SMARTS) is 3. The fraction of sp³-hybridized carbons (Fsp3) is 0.460. The molecular formula is C50H65BrN10O12. The van der Waals surface area contributed by atoms with E-state index < -0.39 is 78.7 Å². The molecule has 3 aromatic carbocycles. The third-order valence-electron chi connectivity index (χ3n) is 11.3. The van der Waals surface area contributed by atoms with Crippen molar-refractivity contribution in [3.63, 3.8) is 0 Å². The molecule has 22 nitrogen and oxygen atoms in total. The second-order valence-corrected chi connectivity index (χ2v) is 18.0. The quantitative estimate of drug-likeness (QED) is 0.0167. The van der Waals surface area contributed by atoms with E-state index in [-0.39, 0.29) is 82.9 Å². The number of benzene rings is 3. The van der Waals surface area contributed by atoms with Crippen molar-refractivity contribution in [1.29, 1.82) is 0 Å². The molecule has 0 heterocycles. The molecule has 0 radical (unpaired) electrons. The number of hydrogen-bond donors (Lipinski definition) is 9. The fourth-order valence-electron chi connectivity index (χ4n) is 7.36. The van der Waals surface area contributed by atoms with Gasteiger partial charge in [-0.15, -0.1) is 0 Å². The van der Waals surface area contributed by atoms with Gasteiger partial charge in [-0.1, -0.05) is 100 Å². The molecule has 3 aromatic rings. The van der Waals surface area contributed by atoms with E-state index in [4.69, 9.17) is 10.6 Å². The summed E-state index contributed by atoms with van der Waals surface area (Å²) in [5.41, 5.74) is 11.0. The van der Waals surface area contributed by atoms with Crippen molar-refractivity contribution in [2.75, 3.05) is 26.2 Å². The van der Waals surface area contributed by atoms with Gasteiger partial charge in [-0.25, -0.2) is 14.4 Å². The van der Waals surface area contributed by atoms with Crippen LogP contribution in [-0.4, -0.2) is 124 Å². The predicted octanol–water partition coefficient (Wildman–Crippen LogP) is 4.75. The maximum Gasteiger partial charge on any atom is 0.326 e. The smallest absolute Gasteiger partial charge is 0.326 e. The number of carbonyl (C=O) groups is 9. The molecule has 0 aliphatic rings. The number of aliphatic carboxylic acids is 3. The first-order valence-electron chi connectivity index (χ1n) is 24.0. The van der Waals surface area contributed by atoms with Crippen LogP contribution in [0.3, 0.4) is 0 Å². The van der Waals surface area contributed by atoms with Crippen LogP contribution in [0, 0.1) is 0 Å². The summed E-state index contributed by atoms with van der Waals surface area (Å²) in [5, 5.41) is 46.8. The minimum absolute atomic E-state index is 0.0277. The summed E-state index contributed by atoms with van der Waals surface area (Å²) in [4.78, 5) is 118. The van der Waals surface area contributed by atoms with Crippen LogP contribution < -0.4 is 31.9 Å². The van der Waals surface area contributed by atoms with Crippen LogP contribution in [-0.2, 0) is 57.7 Å². The molecule has 23 heteroatoms. The highest BCUT2D eigenvalue weighted by Crippen LogP contribution is 2.16. The number of azide groups is 1. The van der Waals surface area contributed by atoms with Crippen molar-refractivity contribution in [3.8, 4) is 0 Å². The molecule has 9 N–H and O–H groups in total. The van der Waals surface area contributed by atoms with Crippen molar-refractivity contribution in [3.05, 3.63) is 117 Å². The summed E-state index contributed by atoms with van der Waals surface area (Å²) >= 11 is 3.41. The van der Waals surface area contributed by atoms with Crippen LogP contribution in [0.25, 0.3) is 10.4 Å². The Morgan fingerprint density at radius 1 is 0.562 bits per heavy atom. The van der Waals surface area contributed by atoms with Crippen molar-refractivity contribution in [2.24, 2.45) is 5.11 Å². The second-order valence-electron chi connectivity index (χ2n) is 17.1. The summed E-state index contributed by atoms with van der Waals surface area (Å²) in [5.74, 6) is -6.17. The van der Waals surface area contributed by atoms with Gasteiger partial charge in [0.25, 0.3) is 0 Å². The normalized spacial score (nSPS) is 12.3. The first-order valence-corrected chi connectivity index (χ1v) is 24.8. The molecule has 0 bridgehead atoms. The van der Waals surface area contributed by atoms with Crippen molar-refractivity contribution < 1.29 is 58.5 Å². The first-order chi connectivity index (χ1) is 35.0. The molecule has 0 spiro atoms. The molecular weight excluding hydrogens is 1010 g/mol. The van der Waals surface area contributed by atoms with E-state index in [9.17, 15) is 53.4 Å². The summed E-state index contributed by atoms with van der Waals surface area (Å²) < 4.78 is 0.857. The minimum atomic E-state index is -1.53. The highest BCUT2D eigenvalue weighted by molar-refractivity contribution is 9.10. The van der Waals surface area contributed by atoms with E-state index in [1.807, 2.05) is 72.8 Å². The standard InChI is InChI=1S/C50H65BrN10O12/c51-37-21-19-36(20-22-37)33-61(30-11-9-17-38(48(69)70)58-50(73)59-39(49(71)72)23-26-45(65)66)44(64)18-8-3-10-27-53-42(62)24-25-43(63)56-41(32-35-15-6-2-7-16-35)47(68)57-40(31-34-13-4-1-5-14-34)46(67)54-28-12-29-55-60-52/h1-2,4-7,13-16,19-22,38-41H,3,8-12,17-18,23-33H2,(H,53,62)(H,54,67)(H,56,63)(H,57,68)(H,65,66)(H,69,70)(H,71,72)(H2,58,59,73)/t38-,39-,40+,41+/m0/s1. The van der Waals surface area contributed by atoms with Gasteiger partial charge in [0.1, 0.15) is 24.2 Å². The average Bonchev–Trinajstić information content (AvgIpc) is 3.36. The van der Waals surface area contributed by atoms with Crippen LogP contribution in [0.15, 0.2) is 94.5 Å². The Kier molecular flexibility index (Phi) is 27.8. The van der Waals surface area contributed by atoms with Crippen molar-refractivity contribution >= 4 is 69.4 Å². The Bertz CT molecular complexity index is 2320. The van der Waals surface area contributed by atoms with Gasteiger partial charge in [0.15, 0.2) is 0 Å². The largest absolute Gasteiger partial charge is 0.481 e. The van der Waals surface area contributed by atoms with Crippen LogP contribution in [0.1, 0.15) is 93.7 Å². The summed E-state index contributed by atoms with van der Waals surface area (Å²) in [6.45, 7) is 1.27. The Hall–Kier alpha value is -7.52. The number of carboxylic acids is 3. The zero-order chi connectivity index (χ0) is 53.4. The Labute approximate surface area is 431 Å². The number of halogens is 1. The lowest BCUT2D eigenvalue weighted by Crippen LogP contribution is -2.55. The van der Waals surface area contributed by atoms with E-state index in [0.29, 0.717) is 38.6 Å².